The number of ketones is 1. The van der Waals surface area contributed by atoms with Crippen LogP contribution in [-0.4, -0.2) is 25.1 Å². The summed E-state index contributed by atoms with van der Waals surface area (Å²) < 4.78 is 31.2. The van der Waals surface area contributed by atoms with Crippen molar-refractivity contribution in [2.75, 3.05) is 10.1 Å². The number of sulfonamides is 1. The van der Waals surface area contributed by atoms with Gasteiger partial charge in [0.1, 0.15) is 5.75 Å². The average Bonchev–Trinajstić information content (AvgIpc) is 3.23. The van der Waals surface area contributed by atoms with Crippen molar-refractivity contribution < 1.29 is 17.7 Å². The molecule has 1 aliphatic carbocycles. The highest BCUT2D eigenvalue weighted by Gasteiger charge is 2.36. The largest absolute Gasteiger partial charge is 0.359 e. The van der Waals surface area contributed by atoms with E-state index in [1.54, 1.807) is 24.3 Å². The lowest BCUT2D eigenvalue weighted by Crippen LogP contribution is -2.40. The quantitative estimate of drug-likeness (QED) is 0.865. The number of benzene rings is 1. The molecule has 0 atom stereocenters. The third kappa shape index (κ3) is 2.21. The van der Waals surface area contributed by atoms with E-state index in [2.05, 4.69) is 5.16 Å². The molecule has 1 fully saturated rings. The molecule has 1 aliphatic heterocycles. The second-order valence-electron chi connectivity index (χ2n) is 5.70. The predicted molar refractivity (Wildman–Crippen MR) is 79.2 cm³/mol. The number of carbonyl (C=O) groups excluding carboxylic acids is 1. The maximum atomic E-state index is 12.4. The van der Waals surface area contributed by atoms with Crippen LogP contribution in [0.15, 0.2) is 34.9 Å². The molecule has 0 N–H and O–H groups in total. The molecule has 1 saturated carbocycles. The maximum Gasteiger partial charge on any atom is 0.243 e. The van der Waals surface area contributed by atoms with E-state index in [9.17, 15) is 13.2 Å². The van der Waals surface area contributed by atoms with Crippen LogP contribution in [0.25, 0.3) is 0 Å². The smallest absolute Gasteiger partial charge is 0.243 e. The number of Topliss-reactive ketones (excluding diaryl/α,β-unsaturated/α-hetero) is 1. The molecular weight excluding hydrogens is 304 g/mol. The van der Waals surface area contributed by atoms with E-state index in [-0.39, 0.29) is 12.3 Å². The summed E-state index contributed by atoms with van der Waals surface area (Å²) in [6.07, 6.45) is 2.21. The highest BCUT2D eigenvalue weighted by atomic mass is 32.2. The third-order valence-electron chi connectivity index (χ3n) is 3.99. The Hall–Kier alpha value is -2.15. The van der Waals surface area contributed by atoms with E-state index in [0.717, 1.165) is 18.5 Å². The molecule has 7 heteroatoms. The van der Waals surface area contributed by atoms with Crippen LogP contribution < -0.4 is 4.31 Å². The lowest BCUT2D eigenvalue weighted by Gasteiger charge is -2.28. The summed E-state index contributed by atoms with van der Waals surface area (Å²) in [5.74, 6) is 0.0650. The molecule has 0 amide bonds. The highest BCUT2D eigenvalue weighted by Crippen LogP contribution is 2.40. The summed E-state index contributed by atoms with van der Waals surface area (Å²) in [5, 5.41) is 4.00. The van der Waals surface area contributed by atoms with Gasteiger partial charge < -0.3 is 4.52 Å². The number of nitrogens with zero attached hydrogens (tertiary/aromatic N) is 2. The Morgan fingerprint density at radius 3 is 2.82 bits per heavy atom. The molecular formula is C15H14N2O4S. The van der Waals surface area contributed by atoms with Crippen molar-refractivity contribution in [2.24, 2.45) is 0 Å². The zero-order valence-electron chi connectivity index (χ0n) is 11.7. The van der Waals surface area contributed by atoms with Crippen LogP contribution in [0.1, 0.15) is 40.6 Å². The number of hydrogen-bond acceptors (Lipinski definition) is 5. The number of fused-ring (bicyclic) bond motifs is 1. The molecule has 0 saturated heterocycles. The lowest BCUT2D eigenvalue weighted by molar-refractivity contribution is 0.102. The molecule has 1 aromatic heterocycles. The molecule has 6 nitrogen and oxygen atoms in total. The van der Waals surface area contributed by atoms with Crippen molar-refractivity contribution in [2.45, 2.75) is 25.3 Å². The Bertz CT molecular complexity index is 852. The fourth-order valence-electron chi connectivity index (χ4n) is 2.70. The molecule has 22 heavy (non-hydrogen) atoms. The first-order valence-corrected chi connectivity index (χ1v) is 8.73. The summed E-state index contributed by atoms with van der Waals surface area (Å²) in [6, 6.07) is 8.55. The Morgan fingerprint density at radius 2 is 2.05 bits per heavy atom. The third-order valence-corrected chi connectivity index (χ3v) is 5.62. The van der Waals surface area contributed by atoms with Gasteiger partial charge in [0.05, 0.1) is 17.9 Å². The van der Waals surface area contributed by atoms with Gasteiger partial charge in [-0.2, -0.15) is 0 Å². The standard InChI is InChI=1S/C15H14N2O4S/c18-15-9-22(19,20)17(14-4-2-1-3-12(14)15)8-11-7-13(16-21-11)10-5-6-10/h1-4,7,10H,5-6,8-9H2. The van der Waals surface area contributed by atoms with Crippen LogP contribution in [0.2, 0.25) is 0 Å². The summed E-state index contributed by atoms with van der Waals surface area (Å²) in [6.45, 7) is 0.0619. The van der Waals surface area contributed by atoms with Gasteiger partial charge in [0, 0.05) is 17.5 Å². The number of anilines is 1. The predicted octanol–water partition coefficient (Wildman–Crippen LogP) is 2.08. The Balaban J connectivity index is 1.71. The zero-order valence-corrected chi connectivity index (χ0v) is 12.5. The van der Waals surface area contributed by atoms with Gasteiger partial charge >= 0.3 is 0 Å². The molecule has 1 aromatic carbocycles. The first-order valence-electron chi connectivity index (χ1n) is 7.13. The van der Waals surface area contributed by atoms with Gasteiger partial charge in [-0.1, -0.05) is 17.3 Å². The van der Waals surface area contributed by atoms with E-state index in [4.69, 9.17) is 4.52 Å². The SMILES string of the molecule is O=C1CS(=O)(=O)N(Cc2cc(C3CC3)no2)c2ccccc21. The Labute approximate surface area is 127 Å². The van der Waals surface area contributed by atoms with Crippen LogP contribution in [0, 0.1) is 0 Å². The second kappa shape index (κ2) is 4.67. The van der Waals surface area contributed by atoms with Crippen LogP contribution in [-0.2, 0) is 16.6 Å². The first kappa shape index (κ1) is 13.5. The van der Waals surface area contributed by atoms with Crippen LogP contribution in [0.4, 0.5) is 5.69 Å². The van der Waals surface area contributed by atoms with Crippen molar-refractivity contribution in [1.82, 2.24) is 5.16 Å². The zero-order chi connectivity index (χ0) is 15.3. The van der Waals surface area contributed by atoms with E-state index in [1.165, 1.54) is 4.31 Å². The minimum Gasteiger partial charge on any atom is -0.359 e. The molecule has 0 bridgehead atoms. The Kier molecular flexibility index (Phi) is 2.87. The summed E-state index contributed by atoms with van der Waals surface area (Å²) in [7, 11) is -3.68. The molecule has 4 rings (SSSR count). The van der Waals surface area contributed by atoms with E-state index in [0.29, 0.717) is 22.9 Å². The molecule has 114 valence electrons. The highest BCUT2D eigenvalue weighted by molar-refractivity contribution is 7.93. The van der Waals surface area contributed by atoms with E-state index in [1.807, 2.05) is 6.07 Å². The first-order chi connectivity index (χ1) is 10.5. The average molecular weight is 318 g/mol. The van der Waals surface area contributed by atoms with E-state index >= 15 is 0 Å². The fraction of sp³-hybridized carbons (Fsp3) is 0.333. The molecule has 2 aliphatic rings. The number of hydrogen-bond donors (Lipinski definition) is 0. The molecule has 0 radical (unpaired) electrons. The summed E-state index contributed by atoms with van der Waals surface area (Å²) in [4.78, 5) is 12.0. The summed E-state index contributed by atoms with van der Waals surface area (Å²) >= 11 is 0. The minimum absolute atomic E-state index is 0.0619. The van der Waals surface area contributed by atoms with Crippen molar-refractivity contribution in [3.8, 4) is 0 Å². The van der Waals surface area contributed by atoms with Crippen LogP contribution in [0.5, 0.6) is 0 Å². The van der Waals surface area contributed by atoms with E-state index < -0.39 is 15.8 Å². The van der Waals surface area contributed by atoms with Gasteiger partial charge in [-0.25, -0.2) is 8.42 Å². The van der Waals surface area contributed by atoms with Crippen molar-refractivity contribution in [3.05, 3.63) is 47.3 Å². The van der Waals surface area contributed by atoms with Crippen LogP contribution in [0.3, 0.4) is 0 Å². The molecule has 2 aromatic rings. The maximum absolute atomic E-state index is 12.4. The lowest BCUT2D eigenvalue weighted by atomic mass is 10.1. The van der Waals surface area contributed by atoms with Gasteiger partial charge in [0.25, 0.3) is 0 Å². The molecule has 2 heterocycles. The van der Waals surface area contributed by atoms with Gasteiger partial charge in [0.15, 0.2) is 11.5 Å². The Morgan fingerprint density at radius 1 is 1.27 bits per heavy atom. The van der Waals surface area contributed by atoms with Crippen molar-refractivity contribution in [3.63, 3.8) is 0 Å². The topological polar surface area (TPSA) is 80.5 Å². The van der Waals surface area contributed by atoms with Gasteiger partial charge in [0.2, 0.25) is 10.0 Å². The van der Waals surface area contributed by atoms with Crippen LogP contribution >= 0.6 is 0 Å². The number of carbonyl (C=O) groups is 1. The van der Waals surface area contributed by atoms with Crippen molar-refractivity contribution in [1.29, 1.82) is 0 Å². The van der Waals surface area contributed by atoms with Crippen molar-refractivity contribution >= 4 is 21.5 Å². The van der Waals surface area contributed by atoms with Gasteiger partial charge in [-0.3, -0.25) is 9.10 Å². The monoisotopic (exact) mass is 318 g/mol. The fourth-order valence-corrected chi connectivity index (χ4v) is 4.12. The summed E-state index contributed by atoms with van der Waals surface area (Å²) in [5.41, 5.74) is 1.72. The number of aromatic nitrogens is 1. The number of rotatable bonds is 3. The van der Waals surface area contributed by atoms with Gasteiger partial charge in [-0.15, -0.1) is 0 Å². The second-order valence-corrected chi connectivity index (χ2v) is 7.59. The molecule has 0 spiro atoms. The minimum atomic E-state index is -3.68. The van der Waals surface area contributed by atoms with Gasteiger partial charge in [-0.05, 0) is 25.0 Å². The normalized spacial score (nSPS) is 20.0. The number of para-hydroxylation sites is 1. The molecule has 0 unspecified atom stereocenters.